The van der Waals surface area contributed by atoms with E-state index < -0.39 is 0 Å². The monoisotopic (exact) mass is 254 g/mol. The number of hydrogen-bond acceptors (Lipinski definition) is 3. The van der Waals surface area contributed by atoms with Crippen molar-refractivity contribution < 1.29 is 14.6 Å². The van der Waals surface area contributed by atoms with Gasteiger partial charge in [-0.3, -0.25) is 0 Å². The molecule has 3 rings (SSSR count). The van der Waals surface area contributed by atoms with Crippen molar-refractivity contribution in [2.75, 3.05) is 14.2 Å². The number of aromatic hydroxyl groups is 1. The van der Waals surface area contributed by atoms with E-state index in [-0.39, 0.29) is 5.75 Å². The molecule has 3 aromatic carbocycles. The van der Waals surface area contributed by atoms with Gasteiger partial charge in [-0.25, -0.2) is 0 Å². The molecule has 0 saturated carbocycles. The van der Waals surface area contributed by atoms with Crippen LogP contribution in [0.1, 0.15) is 0 Å². The summed E-state index contributed by atoms with van der Waals surface area (Å²) >= 11 is 0. The Kier molecular flexibility index (Phi) is 2.67. The molecule has 0 aromatic heterocycles. The van der Waals surface area contributed by atoms with Gasteiger partial charge in [0.05, 0.1) is 14.2 Å². The molecule has 0 radical (unpaired) electrons. The lowest BCUT2D eigenvalue weighted by Gasteiger charge is -2.11. The number of hydrogen-bond donors (Lipinski definition) is 1. The molecule has 1 N–H and O–H groups in total. The number of rotatable bonds is 2. The molecule has 0 fully saturated rings. The largest absolute Gasteiger partial charge is 0.508 e. The smallest absolute Gasteiger partial charge is 0.131 e. The predicted molar refractivity (Wildman–Crippen MR) is 76.2 cm³/mol. The van der Waals surface area contributed by atoms with Crippen molar-refractivity contribution in [2.45, 2.75) is 0 Å². The highest BCUT2D eigenvalue weighted by Crippen LogP contribution is 2.37. The first-order valence-corrected chi connectivity index (χ1v) is 6.00. The van der Waals surface area contributed by atoms with E-state index in [9.17, 15) is 5.11 Å². The molecule has 0 atom stereocenters. The third-order valence-corrected chi connectivity index (χ3v) is 3.31. The van der Waals surface area contributed by atoms with Gasteiger partial charge in [0, 0.05) is 11.5 Å². The van der Waals surface area contributed by atoms with Gasteiger partial charge in [0.2, 0.25) is 0 Å². The van der Waals surface area contributed by atoms with Gasteiger partial charge in [0.1, 0.15) is 17.2 Å². The number of benzene rings is 3. The Balaban J connectivity index is 2.49. The van der Waals surface area contributed by atoms with Crippen LogP contribution in [0.15, 0.2) is 42.5 Å². The lowest BCUT2D eigenvalue weighted by atomic mass is 10.0. The second-order valence-electron chi connectivity index (χ2n) is 4.40. The van der Waals surface area contributed by atoms with Gasteiger partial charge in [-0.05, 0) is 34.4 Å². The fourth-order valence-corrected chi connectivity index (χ4v) is 2.39. The summed E-state index contributed by atoms with van der Waals surface area (Å²) in [5.74, 6) is 1.74. The lowest BCUT2D eigenvalue weighted by Crippen LogP contribution is -1.89. The molecular weight excluding hydrogens is 240 g/mol. The summed E-state index contributed by atoms with van der Waals surface area (Å²) in [6, 6.07) is 13.2. The highest BCUT2D eigenvalue weighted by atomic mass is 16.5. The normalized spacial score (nSPS) is 10.8. The van der Waals surface area contributed by atoms with Crippen LogP contribution in [0, 0.1) is 0 Å². The van der Waals surface area contributed by atoms with Crippen LogP contribution in [0.4, 0.5) is 0 Å². The van der Waals surface area contributed by atoms with E-state index in [2.05, 4.69) is 0 Å². The third-order valence-electron chi connectivity index (χ3n) is 3.31. The Morgan fingerprint density at radius 3 is 2.32 bits per heavy atom. The fourth-order valence-electron chi connectivity index (χ4n) is 2.39. The second kappa shape index (κ2) is 4.35. The van der Waals surface area contributed by atoms with E-state index in [0.29, 0.717) is 0 Å². The van der Waals surface area contributed by atoms with Crippen molar-refractivity contribution in [1.29, 1.82) is 0 Å². The highest BCUT2D eigenvalue weighted by Gasteiger charge is 2.09. The molecule has 0 saturated heterocycles. The summed E-state index contributed by atoms with van der Waals surface area (Å²) < 4.78 is 10.7. The summed E-state index contributed by atoms with van der Waals surface area (Å²) in [6.45, 7) is 0. The van der Waals surface area contributed by atoms with Crippen LogP contribution in [-0.2, 0) is 0 Å². The number of fused-ring (bicyclic) bond motifs is 3. The lowest BCUT2D eigenvalue weighted by molar-refractivity contribution is 0.398. The van der Waals surface area contributed by atoms with Crippen molar-refractivity contribution in [1.82, 2.24) is 0 Å². The minimum atomic E-state index is 0.248. The van der Waals surface area contributed by atoms with Crippen molar-refractivity contribution in [3.05, 3.63) is 42.5 Å². The van der Waals surface area contributed by atoms with Crippen LogP contribution in [0.2, 0.25) is 0 Å². The van der Waals surface area contributed by atoms with Crippen LogP contribution in [0.5, 0.6) is 17.2 Å². The molecule has 0 unspecified atom stereocenters. The first-order chi connectivity index (χ1) is 9.22. The zero-order valence-electron chi connectivity index (χ0n) is 10.8. The van der Waals surface area contributed by atoms with Gasteiger partial charge in [0.15, 0.2) is 0 Å². The standard InChI is InChI=1S/C16H14O3/c1-18-13-7-11-4-3-10-5-6-12(17)8-14(10)16(11)15(9-13)19-2/h3-9,17H,1-2H3. The number of phenolic OH excluding ortho intramolecular Hbond substituents is 1. The Hall–Kier alpha value is -2.42. The predicted octanol–water partition coefficient (Wildman–Crippen LogP) is 3.72. The Morgan fingerprint density at radius 2 is 1.58 bits per heavy atom. The summed E-state index contributed by atoms with van der Waals surface area (Å²) in [6.07, 6.45) is 0. The summed E-state index contributed by atoms with van der Waals surface area (Å²) in [5.41, 5.74) is 0. The summed E-state index contributed by atoms with van der Waals surface area (Å²) in [7, 11) is 3.27. The van der Waals surface area contributed by atoms with Gasteiger partial charge in [0.25, 0.3) is 0 Å². The molecule has 0 bridgehead atoms. The van der Waals surface area contributed by atoms with Gasteiger partial charge in [-0.2, -0.15) is 0 Å². The molecule has 0 amide bonds. The Morgan fingerprint density at radius 1 is 0.842 bits per heavy atom. The van der Waals surface area contributed by atoms with Crippen LogP contribution in [-0.4, -0.2) is 19.3 Å². The molecule has 0 spiro atoms. The van der Waals surface area contributed by atoms with E-state index in [0.717, 1.165) is 33.0 Å². The average molecular weight is 254 g/mol. The zero-order valence-corrected chi connectivity index (χ0v) is 10.8. The van der Waals surface area contributed by atoms with Crippen LogP contribution in [0.3, 0.4) is 0 Å². The van der Waals surface area contributed by atoms with Crippen molar-refractivity contribution >= 4 is 21.5 Å². The van der Waals surface area contributed by atoms with Gasteiger partial charge >= 0.3 is 0 Å². The molecule has 0 aliphatic heterocycles. The zero-order chi connectivity index (χ0) is 13.4. The molecule has 0 aliphatic rings. The molecule has 3 aromatic rings. The van der Waals surface area contributed by atoms with Crippen LogP contribution in [0.25, 0.3) is 21.5 Å². The Labute approximate surface area is 111 Å². The van der Waals surface area contributed by atoms with E-state index in [1.807, 2.05) is 30.3 Å². The maximum absolute atomic E-state index is 9.69. The SMILES string of the molecule is COc1cc(OC)c2c(ccc3ccc(O)cc32)c1. The molecule has 3 heteroatoms. The minimum Gasteiger partial charge on any atom is -0.508 e. The molecule has 0 heterocycles. The van der Waals surface area contributed by atoms with Gasteiger partial charge in [-0.15, -0.1) is 0 Å². The highest BCUT2D eigenvalue weighted by molar-refractivity contribution is 6.11. The summed E-state index contributed by atoms with van der Waals surface area (Å²) in [4.78, 5) is 0. The maximum Gasteiger partial charge on any atom is 0.131 e. The van der Waals surface area contributed by atoms with E-state index in [4.69, 9.17) is 9.47 Å². The molecule has 19 heavy (non-hydrogen) atoms. The minimum absolute atomic E-state index is 0.248. The number of phenols is 1. The van der Waals surface area contributed by atoms with E-state index >= 15 is 0 Å². The molecule has 0 aliphatic carbocycles. The van der Waals surface area contributed by atoms with Crippen molar-refractivity contribution in [3.63, 3.8) is 0 Å². The Bertz CT molecular complexity index is 763. The first-order valence-electron chi connectivity index (χ1n) is 6.00. The van der Waals surface area contributed by atoms with Crippen molar-refractivity contribution in [3.8, 4) is 17.2 Å². The number of methoxy groups -OCH3 is 2. The van der Waals surface area contributed by atoms with E-state index in [1.165, 1.54) is 0 Å². The van der Waals surface area contributed by atoms with Crippen LogP contribution < -0.4 is 9.47 Å². The molecule has 96 valence electrons. The molecule has 3 nitrogen and oxygen atoms in total. The van der Waals surface area contributed by atoms with Crippen LogP contribution >= 0.6 is 0 Å². The average Bonchev–Trinajstić information content (AvgIpc) is 2.45. The molecular formula is C16H14O3. The fraction of sp³-hybridized carbons (Fsp3) is 0.125. The van der Waals surface area contributed by atoms with E-state index in [1.54, 1.807) is 26.4 Å². The first kappa shape index (κ1) is 11.7. The topological polar surface area (TPSA) is 38.7 Å². The summed E-state index contributed by atoms with van der Waals surface area (Å²) in [5, 5.41) is 13.7. The quantitative estimate of drug-likeness (QED) is 0.708. The second-order valence-corrected chi connectivity index (χ2v) is 4.40. The third kappa shape index (κ3) is 1.83. The maximum atomic E-state index is 9.69. The van der Waals surface area contributed by atoms with Gasteiger partial charge in [-0.1, -0.05) is 18.2 Å². The van der Waals surface area contributed by atoms with Crippen molar-refractivity contribution in [2.24, 2.45) is 0 Å². The number of ether oxygens (including phenoxy) is 2. The van der Waals surface area contributed by atoms with Gasteiger partial charge < -0.3 is 14.6 Å².